The maximum Gasteiger partial charge on any atom is 0.249 e. The number of anilines is 1. The minimum atomic E-state index is -0.544. The summed E-state index contributed by atoms with van der Waals surface area (Å²) in [6, 6.07) is 5.10. The zero-order chi connectivity index (χ0) is 29.4. The summed E-state index contributed by atoms with van der Waals surface area (Å²) in [5.41, 5.74) is 8.72. The molecule has 6 rings (SSSR count). The number of thiazole rings is 1. The Bertz CT molecular complexity index is 1320. The molecule has 9 nitrogen and oxygen atoms in total. The molecule has 1 aliphatic carbocycles. The first-order chi connectivity index (χ1) is 20.4. The van der Waals surface area contributed by atoms with Crippen LogP contribution in [0.15, 0.2) is 23.6 Å². The van der Waals surface area contributed by atoms with Crippen molar-refractivity contribution in [3.05, 3.63) is 34.7 Å². The van der Waals surface area contributed by atoms with Crippen LogP contribution in [0, 0.1) is 11.8 Å². The highest BCUT2D eigenvalue weighted by molar-refractivity contribution is 7.14. The lowest BCUT2D eigenvalue weighted by molar-refractivity contribution is -0.139. The van der Waals surface area contributed by atoms with Crippen LogP contribution in [0.2, 0.25) is 0 Å². The number of amides is 2. The SMILES string of the molecule is CCC[C@@H]1CN(C(=O)[C@H](c2cc(-c3csc(N4CCN(C)CC4)n3)ccc2C(N)=O)C2CCCCC2)[C@@H]2C(=O)CO[C@H]12. The zero-order valence-electron chi connectivity index (χ0n) is 24.8. The topological polar surface area (TPSA) is 109 Å². The van der Waals surface area contributed by atoms with Gasteiger partial charge in [-0.05, 0) is 49.9 Å². The minimum Gasteiger partial charge on any atom is -0.367 e. The first kappa shape index (κ1) is 29.3. The van der Waals surface area contributed by atoms with E-state index in [2.05, 4.69) is 29.2 Å². The number of rotatable bonds is 8. The molecule has 4 aliphatic rings. The van der Waals surface area contributed by atoms with Gasteiger partial charge in [-0.1, -0.05) is 38.7 Å². The Hall–Kier alpha value is -2.82. The van der Waals surface area contributed by atoms with E-state index < -0.39 is 17.9 Å². The van der Waals surface area contributed by atoms with Gasteiger partial charge in [0.25, 0.3) is 0 Å². The van der Waals surface area contributed by atoms with Gasteiger partial charge in [0.2, 0.25) is 11.8 Å². The van der Waals surface area contributed by atoms with E-state index in [9.17, 15) is 14.4 Å². The lowest BCUT2D eigenvalue weighted by Crippen LogP contribution is -2.46. The summed E-state index contributed by atoms with van der Waals surface area (Å²) in [5.74, 6) is -0.935. The molecule has 0 bridgehead atoms. The number of hydrogen-bond acceptors (Lipinski definition) is 8. The smallest absolute Gasteiger partial charge is 0.249 e. The average Bonchev–Trinajstić information content (AvgIpc) is 3.72. The van der Waals surface area contributed by atoms with Crippen molar-refractivity contribution < 1.29 is 19.1 Å². The van der Waals surface area contributed by atoms with Crippen LogP contribution >= 0.6 is 11.3 Å². The highest BCUT2D eigenvalue weighted by Gasteiger charge is 2.53. The number of hydrogen-bond donors (Lipinski definition) is 1. The van der Waals surface area contributed by atoms with Gasteiger partial charge in [0.05, 0.1) is 17.7 Å². The number of nitrogens with zero attached hydrogens (tertiary/aromatic N) is 4. The van der Waals surface area contributed by atoms with Crippen LogP contribution in [0.4, 0.5) is 5.13 Å². The molecule has 3 saturated heterocycles. The Morgan fingerprint density at radius 2 is 1.90 bits per heavy atom. The van der Waals surface area contributed by atoms with Gasteiger partial charge >= 0.3 is 0 Å². The van der Waals surface area contributed by atoms with Crippen molar-refractivity contribution in [2.24, 2.45) is 17.6 Å². The standard InChI is InChI=1S/C32H43N5O4S/c1-3-7-22-17-37(28-26(38)18-41-29(22)28)31(40)27(20-8-5-4-6-9-20)24-16-21(10-11-23(24)30(33)39)25-19-42-32(34-25)36-14-12-35(2)13-15-36/h10-11,16,19-20,22,27-29H,3-9,12-15,17-18H2,1-2H3,(H2,33,39)/t22-,27+,28-,29-/m1/s1. The molecule has 4 heterocycles. The molecular formula is C32H43N5O4S. The van der Waals surface area contributed by atoms with Gasteiger partial charge in [-0.15, -0.1) is 11.3 Å². The van der Waals surface area contributed by atoms with Crippen molar-refractivity contribution in [2.75, 3.05) is 51.3 Å². The normalized spacial score (nSPS) is 26.0. The molecule has 2 aromatic rings. The lowest BCUT2D eigenvalue weighted by atomic mass is 9.74. The predicted molar refractivity (Wildman–Crippen MR) is 164 cm³/mol. The molecule has 2 N–H and O–H groups in total. The van der Waals surface area contributed by atoms with Crippen molar-refractivity contribution in [1.29, 1.82) is 0 Å². The lowest BCUT2D eigenvalue weighted by Gasteiger charge is -2.35. The molecule has 226 valence electrons. The third-order valence-corrected chi connectivity index (χ3v) is 10.7. The maximum absolute atomic E-state index is 14.7. The molecule has 2 amide bonds. The van der Waals surface area contributed by atoms with Gasteiger partial charge in [-0.3, -0.25) is 14.4 Å². The van der Waals surface area contributed by atoms with Gasteiger partial charge in [0.15, 0.2) is 10.9 Å². The quantitative estimate of drug-likeness (QED) is 0.494. The largest absolute Gasteiger partial charge is 0.367 e. The number of carbonyl (C=O) groups excluding carboxylic acids is 3. The van der Waals surface area contributed by atoms with Crippen molar-refractivity contribution in [1.82, 2.24) is 14.8 Å². The van der Waals surface area contributed by atoms with Crippen LogP contribution in [0.25, 0.3) is 11.3 Å². The van der Waals surface area contributed by atoms with E-state index in [4.69, 9.17) is 15.5 Å². The van der Waals surface area contributed by atoms with Crippen molar-refractivity contribution >= 4 is 34.1 Å². The van der Waals surface area contributed by atoms with Crippen molar-refractivity contribution in [3.63, 3.8) is 0 Å². The number of primary amides is 1. The van der Waals surface area contributed by atoms with Crippen LogP contribution in [0.5, 0.6) is 0 Å². The highest BCUT2D eigenvalue weighted by atomic mass is 32.1. The molecule has 4 atom stereocenters. The van der Waals surface area contributed by atoms with E-state index in [1.54, 1.807) is 22.3 Å². The van der Waals surface area contributed by atoms with E-state index in [1.807, 2.05) is 12.1 Å². The van der Waals surface area contributed by atoms with Crippen molar-refractivity contribution in [3.8, 4) is 11.3 Å². The second kappa shape index (κ2) is 12.4. The maximum atomic E-state index is 14.7. The molecule has 42 heavy (non-hydrogen) atoms. The van der Waals surface area contributed by atoms with Crippen LogP contribution in [-0.2, 0) is 14.3 Å². The summed E-state index contributed by atoms with van der Waals surface area (Å²) in [6.45, 7) is 6.59. The number of aromatic nitrogens is 1. The Labute approximate surface area is 252 Å². The van der Waals surface area contributed by atoms with Gasteiger partial charge in [-0.25, -0.2) is 4.98 Å². The number of likely N-dealkylation sites (tertiary alicyclic amines) is 1. The van der Waals surface area contributed by atoms with Gasteiger partial charge in [-0.2, -0.15) is 0 Å². The van der Waals surface area contributed by atoms with E-state index in [-0.39, 0.29) is 36.2 Å². The summed E-state index contributed by atoms with van der Waals surface area (Å²) in [5, 5.41) is 3.05. The third kappa shape index (κ3) is 5.61. The third-order valence-electron chi connectivity index (χ3n) is 9.83. The van der Waals surface area contributed by atoms with Crippen LogP contribution in [0.3, 0.4) is 0 Å². The van der Waals surface area contributed by atoms with E-state index >= 15 is 0 Å². The number of carbonyl (C=O) groups is 3. The number of Topliss-reactive ketones (excluding diaryl/α,β-unsaturated/α-hetero) is 1. The number of fused-ring (bicyclic) bond motifs is 1. The minimum absolute atomic E-state index is 0.0165. The zero-order valence-corrected chi connectivity index (χ0v) is 25.6. The number of ketones is 1. The molecule has 1 aromatic heterocycles. The number of benzene rings is 1. The highest BCUT2D eigenvalue weighted by Crippen LogP contribution is 2.43. The van der Waals surface area contributed by atoms with Crippen LogP contribution < -0.4 is 10.6 Å². The average molecular weight is 594 g/mol. The summed E-state index contributed by atoms with van der Waals surface area (Å²) in [7, 11) is 2.14. The second-order valence-corrected chi connectivity index (χ2v) is 13.4. The van der Waals surface area contributed by atoms with Gasteiger partial charge < -0.3 is 25.2 Å². The Balaban J connectivity index is 1.37. The van der Waals surface area contributed by atoms with E-state index in [1.165, 1.54) is 0 Å². The molecular weight excluding hydrogens is 550 g/mol. The molecule has 1 saturated carbocycles. The number of ether oxygens (including phenoxy) is 1. The molecule has 3 aliphatic heterocycles. The fraction of sp³-hybridized carbons (Fsp3) is 0.625. The number of likely N-dealkylation sites (N-methyl/N-ethyl adjacent to an activating group) is 1. The molecule has 0 unspecified atom stereocenters. The molecule has 10 heteroatoms. The first-order valence-electron chi connectivity index (χ1n) is 15.6. The second-order valence-electron chi connectivity index (χ2n) is 12.6. The molecule has 0 radical (unpaired) electrons. The Kier molecular flexibility index (Phi) is 8.65. The fourth-order valence-electron chi connectivity index (χ4n) is 7.58. The van der Waals surface area contributed by atoms with Crippen LogP contribution in [0.1, 0.15) is 73.7 Å². The summed E-state index contributed by atoms with van der Waals surface area (Å²) < 4.78 is 5.93. The predicted octanol–water partition coefficient (Wildman–Crippen LogP) is 3.92. The van der Waals surface area contributed by atoms with E-state index in [0.29, 0.717) is 17.7 Å². The van der Waals surface area contributed by atoms with Crippen LogP contribution in [-0.4, -0.2) is 90.9 Å². The summed E-state index contributed by atoms with van der Waals surface area (Å²) in [6.07, 6.45) is 6.71. The molecule has 1 aromatic carbocycles. The summed E-state index contributed by atoms with van der Waals surface area (Å²) >= 11 is 1.63. The van der Waals surface area contributed by atoms with Crippen molar-refractivity contribution in [2.45, 2.75) is 69.9 Å². The molecule has 0 spiro atoms. The first-order valence-corrected chi connectivity index (χ1v) is 16.5. The Morgan fingerprint density at radius 3 is 2.62 bits per heavy atom. The van der Waals surface area contributed by atoms with Gasteiger partial charge in [0, 0.05) is 55.1 Å². The Morgan fingerprint density at radius 1 is 1.14 bits per heavy atom. The number of nitrogens with two attached hydrogens (primary N) is 1. The monoisotopic (exact) mass is 593 g/mol. The fourth-order valence-corrected chi connectivity index (χ4v) is 8.47. The number of piperazine rings is 1. The summed E-state index contributed by atoms with van der Waals surface area (Å²) in [4.78, 5) is 51.9. The molecule has 4 fully saturated rings. The van der Waals surface area contributed by atoms with Gasteiger partial charge in [0.1, 0.15) is 12.6 Å². The van der Waals surface area contributed by atoms with E-state index in [0.717, 1.165) is 87.5 Å².